The van der Waals surface area contributed by atoms with Gasteiger partial charge in [0.1, 0.15) is 18.1 Å². The number of benzene rings is 2. The SMILES string of the molecule is CC(C)(C)N(C(=O)O[C@](CN)(COc1ccccc1)C(C)(C)C)[C@@H](N)CCOc1ccccc1. The smallest absolute Gasteiger partial charge is 0.412 e. The molecule has 4 N–H and O–H groups in total. The Bertz CT molecular complexity index is 878. The van der Waals surface area contributed by atoms with Gasteiger partial charge in [-0.05, 0) is 45.0 Å². The Labute approximate surface area is 204 Å². The van der Waals surface area contributed by atoms with Crippen molar-refractivity contribution >= 4 is 6.09 Å². The van der Waals surface area contributed by atoms with Gasteiger partial charge in [0.05, 0.1) is 12.8 Å². The zero-order valence-electron chi connectivity index (χ0n) is 21.4. The molecule has 0 aliphatic rings. The maximum Gasteiger partial charge on any atom is 0.412 e. The monoisotopic (exact) mass is 471 g/mol. The summed E-state index contributed by atoms with van der Waals surface area (Å²) >= 11 is 0. The minimum atomic E-state index is -1.07. The molecule has 2 aromatic carbocycles. The number of carbonyl (C=O) groups excluding carboxylic acids is 1. The zero-order valence-corrected chi connectivity index (χ0v) is 21.4. The summed E-state index contributed by atoms with van der Waals surface area (Å²) in [6, 6.07) is 18.9. The van der Waals surface area contributed by atoms with Crippen LogP contribution in [0.4, 0.5) is 4.79 Å². The van der Waals surface area contributed by atoms with Crippen molar-refractivity contribution in [1.29, 1.82) is 0 Å². The van der Waals surface area contributed by atoms with Crippen molar-refractivity contribution in [2.45, 2.75) is 65.3 Å². The van der Waals surface area contributed by atoms with Gasteiger partial charge in [0.15, 0.2) is 5.60 Å². The summed E-state index contributed by atoms with van der Waals surface area (Å²) < 4.78 is 18.0. The van der Waals surface area contributed by atoms with E-state index in [-0.39, 0.29) is 13.2 Å². The Balaban J connectivity index is 2.17. The van der Waals surface area contributed by atoms with E-state index in [1.165, 1.54) is 0 Å². The molecule has 0 bridgehead atoms. The van der Waals surface area contributed by atoms with Crippen LogP contribution in [-0.2, 0) is 4.74 Å². The minimum Gasteiger partial charge on any atom is -0.493 e. The van der Waals surface area contributed by atoms with Gasteiger partial charge in [-0.15, -0.1) is 0 Å². The second kappa shape index (κ2) is 11.6. The molecule has 1 amide bonds. The van der Waals surface area contributed by atoms with E-state index < -0.39 is 28.8 Å². The molecular formula is C27H41N3O4. The quantitative estimate of drug-likeness (QED) is 0.483. The number of rotatable bonds is 10. The van der Waals surface area contributed by atoms with Crippen molar-refractivity contribution < 1.29 is 19.0 Å². The lowest BCUT2D eigenvalue weighted by Gasteiger charge is -2.46. The van der Waals surface area contributed by atoms with E-state index in [2.05, 4.69) is 0 Å². The summed E-state index contributed by atoms with van der Waals surface area (Å²) in [6.45, 7) is 12.3. The van der Waals surface area contributed by atoms with Crippen molar-refractivity contribution in [1.82, 2.24) is 4.90 Å². The first-order valence-electron chi connectivity index (χ1n) is 11.7. The highest BCUT2D eigenvalue weighted by molar-refractivity contribution is 5.69. The number of hydrogen-bond donors (Lipinski definition) is 2. The van der Waals surface area contributed by atoms with Crippen LogP contribution in [0.1, 0.15) is 48.0 Å². The molecule has 0 fully saturated rings. The van der Waals surface area contributed by atoms with Crippen LogP contribution in [0.25, 0.3) is 0 Å². The van der Waals surface area contributed by atoms with E-state index in [0.717, 1.165) is 5.75 Å². The first-order valence-corrected chi connectivity index (χ1v) is 11.7. The van der Waals surface area contributed by atoms with Crippen LogP contribution < -0.4 is 20.9 Å². The van der Waals surface area contributed by atoms with E-state index in [9.17, 15) is 4.79 Å². The highest BCUT2D eigenvalue weighted by atomic mass is 16.6. The Morgan fingerprint density at radius 2 is 1.38 bits per heavy atom. The van der Waals surface area contributed by atoms with E-state index >= 15 is 0 Å². The predicted molar refractivity (Wildman–Crippen MR) is 136 cm³/mol. The predicted octanol–water partition coefficient (Wildman–Crippen LogP) is 4.80. The van der Waals surface area contributed by atoms with Gasteiger partial charge in [0.2, 0.25) is 0 Å². The van der Waals surface area contributed by atoms with E-state index in [4.69, 9.17) is 25.7 Å². The Morgan fingerprint density at radius 3 is 1.82 bits per heavy atom. The molecule has 0 aliphatic heterocycles. The molecule has 0 unspecified atom stereocenters. The number of ether oxygens (including phenoxy) is 3. The minimum absolute atomic E-state index is 0.0966. The fourth-order valence-electron chi connectivity index (χ4n) is 3.59. The van der Waals surface area contributed by atoms with Gasteiger partial charge in [-0.1, -0.05) is 57.2 Å². The third-order valence-electron chi connectivity index (χ3n) is 5.87. The third-order valence-corrected chi connectivity index (χ3v) is 5.87. The van der Waals surface area contributed by atoms with Crippen LogP contribution in [0.3, 0.4) is 0 Å². The normalized spacial score (nSPS) is 14.6. The average molecular weight is 472 g/mol. The van der Waals surface area contributed by atoms with E-state index in [1.54, 1.807) is 4.90 Å². The van der Waals surface area contributed by atoms with E-state index in [1.807, 2.05) is 102 Å². The zero-order chi connectivity index (χ0) is 25.4. The van der Waals surface area contributed by atoms with Crippen molar-refractivity contribution in [3.8, 4) is 11.5 Å². The third kappa shape index (κ3) is 7.37. The molecule has 0 saturated carbocycles. The van der Waals surface area contributed by atoms with Crippen molar-refractivity contribution in [3.05, 3.63) is 60.7 Å². The molecule has 0 aromatic heterocycles. The van der Waals surface area contributed by atoms with Crippen molar-refractivity contribution in [2.24, 2.45) is 16.9 Å². The number of hydrogen-bond acceptors (Lipinski definition) is 6. The molecular weight excluding hydrogens is 430 g/mol. The Morgan fingerprint density at radius 1 is 0.882 bits per heavy atom. The van der Waals surface area contributed by atoms with Crippen LogP contribution in [-0.4, -0.2) is 48.1 Å². The summed E-state index contributed by atoms with van der Waals surface area (Å²) in [5.41, 5.74) is 10.6. The van der Waals surface area contributed by atoms with Gasteiger partial charge in [-0.3, -0.25) is 4.90 Å². The van der Waals surface area contributed by atoms with Crippen LogP contribution in [0.5, 0.6) is 11.5 Å². The molecule has 188 valence electrons. The molecule has 0 heterocycles. The molecule has 7 nitrogen and oxygen atoms in total. The van der Waals surface area contributed by atoms with Crippen LogP contribution in [0.15, 0.2) is 60.7 Å². The molecule has 2 rings (SSSR count). The highest BCUT2D eigenvalue weighted by Crippen LogP contribution is 2.35. The maximum atomic E-state index is 13.6. The maximum absolute atomic E-state index is 13.6. The van der Waals surface area contributed by atoms with Gasteiger partial charge in [0.25, 0.3) is 0 Å². The number of nitrogens with zero attached hydrogens (tertiary/aromatic N) is 1. The summed E-state index contributed by atoms with van der Waals surface area (Å²) in [7, 11) is 0. The number of carbonyl (C=O) groups is 1. The van der Waals surface area contributed by atoms with Crippen LogP contribution >= 0.6 is 0 Å². The largest absolute Gasteiger partial charge is 0.493 e. The molecule has 2 aromatic rings. The summed E-state index contributed by atoms with van der Waals surface area (Å²) in [5.74, 6) is 1.44. The van der Waals surface area contributed by atoms with Gasteiger partial charge >= 0.3 is 6.09 Å². The molecule has 2 atom stereocenters. The highest BCUT2D eigenvalue weighted by Gasteiger charge is 2.48. The molecule has 0 saturated heterocycles. The fourth-order valence-corrected chi connectivity index (χ4v) is 3.59. The van der Waals surface area contributed by atoms with Gasteiger partial charge in [0, 0.05) is 23.9 Å². The molecule has 34 heavy (non-hydrogen) atoms. The lowest BCUT2D eigenvalue weighted by atomic mass is 9.76. The topological polar surface area (TPSA) is 100 Å². The Hall–Kier alpha value is -2.77. The first-order chi connectivity index (χ1) is 15.9. The first kappa shape index (κ1) is 27.5. The fraction of sp³-hybridized carbons (Fsp3) is 0.519. The second-order valence-electron chi connectivity index (χ2n) is 10.5. The number of para-hydroxylation sites is 2. The van der Waals surface area contributed by atoms with Crippen LogP contribution in [0.2, 0.25) is 0 Å². The van der Waals surface area contributed by atoms with Gasteiger partial charge < -0.3 is 25.7 Å². The number of nitrogens with two attached hydrogens (primary N) is 2. The van der Waals surface area contributed by atoms with Gasteiger partial charge in [-0.2, -0.15) is 0 Å². The van der Waals surface area contributed by atoms with E-state index in [0.29, 0.717) is 18.8 Å². The summed E-state index contributed by atoms with van der Waals surface area (Å²) in [6.07, 6.45) is -0.703. The van der Waals surface area contributed by atoms with Gasteiger partial charge in [-0.25, -0.2) is 4.79 Å². The lowest BCUT2D eigenvalue weighted by molar-refractivity contribution is -0.107. The molecule has 0 radical (unpaired) electrons. The summed E-state index contributed by atoms with van der Waals surface area (Å²) in [5, 5.41) is 0. The lowest BCUT2D eigenvalue weighted by Crippen LogP contribution is -2.62. The molecule has 0 aliphatic carbocycles. The summed E-state index contributed by atoms with van der Waals surface area (Å²) in [4.78, 5) is 15.1. The second-order valence-corrected chi connectivity index (χ2v) is 10.5. The van der Waals surface area contributed by atoms with Crippen LogP contribution in [0, 0.1) is 5.41 Å². The Kier molecular flexibility index (Phi) is 9.36. The standard InChI is InChI=1S/C27H41N3O4/c1-25(2,3)27(19-28,20-33-22-15-11-8-12-16-22)34-24(31)30(26(4,5)6)23(29)17-18-32-21-13-9-7-10-14-21/h7-16,23H,17-20,28-29H2,1-6H3/t23-,27-/m1/s1. The molecule has 0 spiro atoms. The van der Waals surface area contributed by atoms with Crippen molar-refractivity contribution in [2.75, 3.05) is 19.8 Å². The number of amides is 1. The molecule has 7 heteroatoms. The van der Waals surface area contributed by atoms with Crippen molar-refractivity contribution in [3.63, 3.8) is 0 Å². The average Bonchev–Trinajstić information content (AvgIpc) is 2.76.